The van der Waals surface area contributed by atoms with Gasteiger partial charge in [-0.1, -0.05) is 30.4 Å². The van der Waals surface area contributed by atoms with Crippen molar-refractivity contribution in [2.45, 2.75) is 39.2 Å². The smallest absolute Gasteiger partial charge is 0.356 e. The highest BCUT2D eigenvalue weighted by Crippen LogP contribution is 2.33. The van der Waals surface area contributed by atoms with Crippen molar-refractivity contribution in [2.24, 2.45) is 5.92 Å². The van der Waals surface area contributed by atoms with Crippen molar-refractivity contribution >= 4 is 45.2 Å². The minimum Gasteiger partial charge on any atom is -0.464 e. The summed E-state index contributed by atoms with van der Waals surface area (Å²) in [6.07, 6.45) is 12.3. The number of aromatic amines is 1. The van der Waals surface area contributed by atoms with Crippen molar-refractivity contribution in [2.75, 3.05) is 24.3 Å². The van der Waals surface area contributed by atoms with Gasteiger partial charge in [-0.2, -0.15) is 0 Å². The number of fused-ring (bicyclic) bond motifs is 2. The van der Waals surface area contributed by atoms with Gasteiger partial charge in [0.15, 0.2) is 5.69 Å². The number of carbonyl (C=O) groups is 2. The molecule has 1 aliphatic rings. The number of anilines is 2. The quantitative estimate of drug-likeness (QED) is 0.233. The molecule has 8 nitrogen and oxygen atoms in total. The van der Waals surface area contributed by atoms with E-state index in [0.29, 0.717) is 41.3 Å². The maximum Gasteiger partial charge on any atom is 0.356 e. The van der Waals surface area contributed by atoms with Gasteiger partial charge < -0.3 is 24.9 Å². The average Bonchev–Trinajstić information content (AvgIpc) is 3.44. The zero-order valence-electron chi connectivity index (χ0n) is 20.6. The molecule has 0 bridgehead atoms. The van der Waals surface area contributed by atoms with Crippen LogP contribution in [0.4, 0.5) is 11.4 Å². The number of methoxy groups -OCH3 is 1. The molecule has 0 fully saturated rings. The van der Waals surface area contributed by atoms with Gasteiger partial charge in [-0.05, 0) is 49.3 Å². The van der Waals surface area contributed by atoms with Gasteiger partial charge in [-0.25, -0.2) is 9.78 Å². The van der Waals surface area contributed by atoms with Crippen molar-refractivity contribution in [3.05, 3.63) is 66.1 Å². The molecule has 3 N–H and O–H groups in total. The number of amides is 1. The van der Waals surface area contributed by atoms with Crippen molar-refractivity contribution in [1.29, 1.82) is 0 Å². The first-order chi connectivity index (χ1) is 17.5. The Labute approximate surface area is 209 Å². The zero-order chi connectivity index (χ0) is 25.1. The molecular weight excluding hydrogens is 454 g/mol. The van der Waals surface area contributed by atoms with E-state index >= 15 is 0 Å². The molecule has 0 spiro atoms. The summed E-state index contributed by atoms with van der Waals surface area (Å²) in [6.45, 7) is 2.77. The van der Waals surface area contributed by atoms with Crippen LogP contribution in [0.1, 0.15) is 42.2 Å². The Hall–Kier alpha value is -4.07. The third kappa shape index (κ3) is 4.71. The summed E-state index contributed by atoms with van der Waals surface area (Å²) in [5.74, 6) is -0.200. The normalized spacial score (nSPS) is 15.3. The molecule has 1 aliphatic carbocycles. The number of carbonyl (C=O) groups excluding carboxylic acids is 2. The van der Waals surface area contributed by atoms with Gasteiger partial charge in [0.25, 0.3) is 0 Å². The number of rotatable bonds is 8. The topological polar surface area (TPSA) is 101 Å². The summed E-state index contributed by atoms with van der Waals surface area (Å²) >= 11 is 0. The second-order valence-corrected chi connectivity index (χ2v) is 9.28. The number of para-hydroxylation sites is 1. The van der Waals surface area contributed by atoms with E-state index in [0.717, 1.165) is 48.0 Å². The lowest BCUT2D eigenvalue weighted by atomic mass is 9.94. The monoisotopic (exact) mass is 485 g/mol. The number of benzene rings is 1. The van der Waals surface area contributed by atoms with E-state index in [1.54, 1.807) is 6.20 Å². The zero-order valence-corrected chi connectivity index (χ0v) is 20.6. The SMILES string of the molecule is COC(=O)c1c(NC(C)=O)c2cc(NC[C@H]3CC=CCC3)cnc2n1CCc1c[nH]c2ccccc12. The van der Waals surface area contributed by atoms with Crippen LogP contribution in [-0.2, 0) is 22.5 Å². The van der Waals surface area contributed by atoms with Crippen LogP contribution >= 0.6 is 0 Å². The Morgan fingerprint density at radius 2 is 2.08 bits per heavy atom. The van der Waals surface area contributed by atoms with Crippen LogP contribution in [-0.4, -0.2) is 40.1 Å². The molecule has 0 aliphatic heterocycles. The summed E-state index contributed by atoms with van der Waals surface area (Å²) in [6, 6.07) is 10.1. The Kier molecular flexibility index (Phi) is 6.75. The van der Waals surface area contributed by atoms with Gasteiger partial charge in [0.2, 0.25) is 5.91 Å². The van der Waals surface area contributed by atoms with Gasteiger partial charge in [0.1, 0.15) is 5.65 Å². The van der Waals surface area contributed by atoms with Crippen LogP contribution in [0.3, 0.4) is 0 Å². The minimum atomic E-state index is -0.515. The molecule has 1 aromatic carbocycles. The highest BCUT2D eigenvalue weighted by Gasteiger charge is 2.26. The van der Waals surface area contributed by atoms with Crippen molar-refractivity contribution < 1.29 is 14.3 Å². The molecule has 0 radical (unpaired) electrons. The van der Waals surface area contributed by atoms with Crippen LogP contribution in [0.15, 0.2) is 54.9 Å². The maximum absolute atomic E-state index is 12.9. The number of allylic oxidation sites excluding steroid dienone is 2. The van der Waals surface area contributed by atoms with Crippen molar-refractivity contribution in [1.82, 2.24) is 14.5 Å². The third-order valence-electron chi connectivity index (χ3n) is 6.83. The van der Waals surface area contributed by atoms with Gasteiger partial charge in [0.05, 0.1) is 24.7 Å². The molecule has 1 atom stereocenters. The fourth-order valence-electron chi connectivity index (χ4n) is 5.03. The van der Waals surface area contributed by atoms with Crippen LogP contribution < -0.4 is 10.6 Å². The van der Waals surface area contributed by atoms with Gasteiger partial charge in [0, 0.05) is 42.5 Å². The van der Waals surface area contributed by atoms with E-state index in [9.17, 15) is 9.59 Å². The first-order valence-electron chi connectivity index (χ1n) is 12.4. The number of nitrogens with zero attached hydrogens (tertiary/aromatic N) is 2. The summed E-state index contributed by atoms with van der Waals surface area (Å²) < 4.78 is 6.98. The van der Waals surface area contributed by atoms with Crippen LogP contribution in [0.25, 0.3) is 21.9 Å². The Morgan fingerprint density at radius 3 is 2.86 bits per heavy atom. The Balaban J connectivity index is 1.52. The summed E-state index contributed by atoms with van der Waals surface area (Å²) in [4.78, 5) is 33.1. The van der Waals surface area contributed by atoms with E-state index in [1.165, 1.54) is 14.0 Å². The maximum atomic E-state index is 12.9. The predicted molar refractivity (Wildman–Crippen MR) is 142 cm³/mol. The van der Waals surface area contributed by atoms with E-state index in [4.69, 9.17) is 9.72 Å². The second kappa shape index (κ2) is 10.3. The average molecular weight is 486 g/mol. The number of ether oxygens (including phenoxy) is 1. The molecule has 3 aromatic heterocycles. The van der Waals surface area contributed by atoms with E-state index in [2.05, 4.69) is 33.8 Å². The van der Waals surface area contributed by atoms with Crippen molar-refractivity contribution in [3.8, 4) is 0 Å². The number of hydrogen-bond donors (Lipinski definition) is 3. The first kappa shape index (κ1) is 23.7. The Bertz CT molecular complexity index is 1450. The highest BCUT2D eigenvalue weighted by molar-refractivity contribution is 6.11. The third-order valence-corrected chi connectivity index (χ3v) is 6.83. The number of esters is 1. The summed E-state index contributed by atoms with van der Waals surface area (Å²) in [5, 5.41) is 8.21. The van der Waals surface area contributed by atoms with Gasteiger partial charge in [-0.15, -0.1) is 0 Å². The van der Waals surface area contributed by atoms with E-state index < -0.39 is 5.97 Å². The molecular formula is C28H31N5O3. The standard InChI is InChI=1S/C28H31N5O3/c1-18(34)32-25-23-14-21(29-15-19-8-4-3-5-9-19)17-31-27(23)33(26(25)28(35)36-2)13-12-20-16-30-24-11-7-6-10-22(20)24/h3-4,6-7,10-11,14,16-17,19,29-30H,5,8-9,12-13,15H2,1-2H3,(H,32,34)/t19-/m0/s1. The molecule has 186 valence electrons. The largest absolute Gasteiger partial charge is 0.464 e. The highest BCUT2D eigenvalue weighted by atomic mass is 16.5. The lowest BCUT2D eigenvalue weighted by molar-refractivity contribution is -0.114. The van der Waals surface area contributed by atoms with E-state index in [-0.39, 0.29) is 5.91 Å². The molecule has 36 heavy (non-hydrogen) atoms. The number of aryl methyl sites for hydroxylation is 2. The molecule has 3 heterocycles. The second-order valence-electron chi connectivity index (χ2n) is 9.28. The fraction of sp³-hybridized carbons (Fsp3) is 0.321. The molecule has 0 saturated heterocycles. The van der Waals surface area contributed by atoms with Crippen LogP contribution in [0, 0.1) is 5.92 Å². The van der Waals surface area contributed by atoms with Gasteiger partial charge >= 0.3 is 5.97 Å². The lowest BCUT2D eigenvalue weighted by Crippen LogP contribution is -2.16. The van der Waals surface area contributed by atoms with E-state index in [1.807, 2.05) is 35.0 Å². The molecule has 0 unspecified atom stereocenters. The number of pyridine rings is 1. The summed E-state index contributed by atoms with van der Waals surface area (Å²) in [5.41, 5.74) is 4.42. The number of hydrogen-bond acceptors (Lipinski definition) is 5. The fourth-order valence-corrected chi connectivity index (χ4v) is 5.03. The molecule has 4 aromatic rings. The predicted octanol–water partition coefficient (Wildman–Crippen LogP) is 5.27. The molecule has 8 heteroatoms. The lowest BCUT2D eigenvalue weighted by Gasteiger charge is -2.18. The summed E-state index contributed by atoms with van der Waals surface area (Å²) in [7, 11) is 1.35. The molecule has 5 rings (SSSR count). The number of H-pyrrole nitrogens is 1. The molecule has 1 amide bonds. The number of aromatic nitrogens is 3. The number of nitrogens with one attached hydrogen (secondary N) is 3. The van der Waals surface area contributed by atoms with Crippen LogP contribution in [0.5, 0.6) is 0 Å². The first-order valence-corrected chi connectivity index (χ1v) is 12.4. The van der Waals surface area contributed by atoms with Gasteiger partial charge in [-0.3, -0.25) is 4.79 Å². The van der Waals surface area contributed by atoms with Crippen molar-refractivity contribution in [3.63, 3.8) is 0 Å². The molecule has 0 saturated carbocycles. The van der Waals surface area contributed by atoms with Crippen LogP contribution in [0.2, 0.25) is 0 Å². The minimum absolute atomic E-state index is 0.261. The Morgan fingerprint density at radius 1 is 1.22 bits per heavy atom.